The average Bonchev–Trinajstić information content (AvgIpc) is 2.74. The van der Waals surface area contributed by atoms with E-state index in [-0.39, 0.29) is 0 Å². The zero-order valence-electron chi connectivity index (χ0n) is 10.0. The molecule has 0 aromatic carbocycles. The number of hydrogen-bond acceptors (Lipinski definition) is 4. The highest BCUT2D eigenvalue weighted by Gasteiger charge is 2.15. The molecule has 0 aliphatic carbocycles. The van der Waals surface area contributed by atoms with Gasteiger partial charge in [0.25, 0.3) is 0 Å². The average molecular weight is 240 g/mol. The Morgan fingerprint density at radius 1 is 1.56 bits per heavy atom. The summed E-state index contributed by atoms with van der Waals surface area (Å²) in [5, 5.41) is 6.87. The maximum absolute atomic E-state index is 5.36. The number of aromatic nitrogens is 1. The normalized spacial score (nSPS) is 19.9. The molecule has 1 aromatic heterocycles. The van der Waals surface area contributed by atoms with E-state index in [1.54, 1.807) is 11.3 Å². The summed E-state index contributed by atoms with van der Waals surface area (Å²) < 4.78 is 5.36. The first-order valence-corrected chi connectivity index (χ1v) is 6.87. The maximum atomic E-state index is 5.36. The highest BCUT2D eigenvalue weighted by molar-refractivity contribution is 7.09. The van der Waals surface area contributed by atoms with E-state index in [1.807, 2.05) is 0 Å². The summed E-state index contributed by atoms with van der Waals surface area (Å²) in [6.07, 6.45) is 2.38. The van der Waals surface area contributed by atoms with Crippen LogP contribution in [0, 0.1) is 12.8 Å². The lowest BCUT2D eigenvalue weighted by molar-refractivity contribution is 0.0656. The third kappa shape index (κ3) is 3.27. The fraction of sp³-hybridized carbons (Fsp3) is 0.750. The summed E-state index contributed by atoms with van der Waals surface area (Å²) in [5.74, 6) is 0.774. The highest BCUT2D eigenvalue weighted by Crippen LogP contribution is 2.18. The smallest absolute Gasteiger partial charge is 0.0898 e. The fourth-order valence-corrected chi connectivity index (χ4v) is 2.68. The molecule has 1 N–H and O–H groups in total. The summed E-state index contributed by atoms with van der Waals surface area (Å²) >= 11 is 1.72. The van der Waals surface area contributed by atoms with Gasteiger partial charge in [-0.15, -0.1) is 11.3 Å². The molecular weight excluding hydrogens is 220 g/mol. The lowest BCUT2D eigenvalue weighted by Crippen LogP contribution is -2.29. The molecule has 0 bridgehead atoms. The maximum Gasteiger partial charge on any atom is 0.0898 e. The summed E-state index contributed by atoms with van der Waals surface area (Å²) in [5.41, 5.74) is 1.18. The van der Waals surface area contributed by atoms with E-state index in [0.717, 1.165) is 30.7 Å². The van der Waals surface area contributed by atoms with Crippen LogP contribution in [0.5, 0.6) is 0 Å². The van der Waals surface area contributed by atoms with E-state index in [9.17, 15) is 0 Å². The molecule has 2 heterocycles. The lowest BCUT2D eigenvalue weighted by Gasteiger charge is -2.23. The van der Waals surface area contributed by atoms with Gasteiger partial charge in [-0.3, -0.25) is 0 Å². The molecule has 1 aromatic rings. The van der Waals surface area contributed by atoms with Gasteiger partial charge < -0.3 is 10.1 Å². The van der Waals surface area contributed by atoms with Crippen LogP contribution in [0.4, 0.5) is 0 Å². The third-order valence-electron chi connectivity index (χ3n) is 3.13. The van der Waals surface area contributed by atoms with E-state index >= 15 is 0 Å². The van der Waals surface area contributed by atoms with Crippen molar-refractivity contribution in [3.05, 3.63) is 16.1 Å². The van der Waals surface area contributed by atoms with Crippen molar-refractivity contribution in [1.82, 2.24) is 10.3 Å². The van der Waals surface area contributed by atoms with Crippen molar-refractivity contribution in [2.45, 2.75) is 32.7 Å². The van der Waals surface area contributed by atoms with E-state index in [0.29, 0.717) is 6.04 Å². The van der Waals surface area contributed by atoms with Gasteiger partial charge in [-0.2, -0.15) is 0 Å². The van der Waals surface area contributed by atoms with Gasteiger partial charge in [0, 0.05) is 24.6 Å². The van der Waals surface area contributed by atoms with Crippen LogP contribution >= 0.6 is 11.3 Å². The molecule has 1 saturated heterocycles. The molecule has 1 aliphatic heterocycles. The molecular formula is C12H20N2OS. The second kappa shape index (κ2) is 5.75. The molecule has 4 heteroatoms. The minimum atomic E-state index is 0.368. The van der Waals surface area contributed by atoms with E-state index in [1.165, 1.54) is 18.5 Å². The van der Waals surface area contributed by atoms with Gasteiger partial charge >= 0.3 is 0 Å². The van der Waals surface area contributed by atoms with Gasteiger partial charge in [-0.05, 0) is 39.2 Å². The van der Waals surface area contributed by atoms with Crippen molar-refractivity contribution in [1.29, 1.82) is 0 Å². The number of aryl methyl sites for hydroxylation is 1. The van der Waals surface area contributed by atoms with Gasteiger partial charge in [0.05, 0.1) is 10.7 Å². The van der Waals surface area contributed by atoms with Crippen LogP contribution in [0.25, 0.3) is 0 Å². The van der Waals surface area contributed by atoms with Crippen molar-refractivity contribution in [2.24, 2.45) is 5.92 Å². The second-order valence-corrected chi connectivity index (χ2v) is 5.54. The molecule has 16 heavy (non-hydrogen) atoms. The molecule has 0 amide bonds. The van der Waals surface area contributed by atoms with Crippen molar-refractivity contribution in [3.8, 4) is 0 Å². The number of hydrogen-bond donors (Lipinski definition) is 1. The Morgan fingerprint density at radius 2 is 2.31 bits per heavy atom. The zero-order chi connectivity index (χ0) is 11.4. The van der Waals surface area contributed by atoms with Gasteiger partial charge in [0.15, 0.2) is 0 Å². The fourth-order valence-electron chi connectivity index (χ4n) is 1.98. The monoisotopic (exact) mass is 240 g/mol. The molecule has 0 saturated carbocycles. The number of nitrogens with zero attached hydrogens (tertiary/aromatic N) is 1. The Labute approximate surface area is 101 Å². The molecule has 3 nitrogen and oxygen atoms in total. The molecule has 0 radical (unpaired) electrons. The standard InChI is InChI=1S/C12H20N2OS/c1-9(12-8-16-10(2)14-12)13-7-11-3-5-15-6-4-11/h8-9,11,13H,3-7H2,1-2H3. The quantitative estimate of drug-likeness (QED) is 0.878. The predicted octanol–water partition coefficient (Wildman–Crippen LogP) is 2.53. The summed E-state index contributed by atoms with van der Waals surface area (Å²) in [6, 6.07) is 0.368. The summed E-state index contributed by atoms with van der Waals surface area (Å²) in [7, 11) is 0. The van der Waals surface area contributed by atoms with Crippen molar-refractivity contribution in [3.63, 3.8) is 0 Å². The molecule has 1 fully saturated rings. The Bertz CT molecular complexity index is 321. The molecule has 2 rings (SSSR count). The molecule has 1 atom stereocenters. The Kier molecular flexibility index (Phi) is 4.32. The number of ether oxygens (including phenoxy) is 1. The van der Waals surface area contributed by atoms with Crippen LogP contribution < -0.4 is 5.32 Å². The van der Waals surface area contributed by atoms with Crippen LogP contribution in [0.15, 0.2) is 5.38 Å². The minimum absolute atomic E-state index is 0.368. The lowest BCUT2D eigenvalue weighted by atomic mass is 10.00. The van der Waals surface area contributed by atoms with Gasteiger partial charge in [-0.25, -0.2) is 4.98 Å². The summed E-state index contributed by atoms with van der Waals surface area (Å²) in [4.78, 5) is 4.51. The van der Waals surface area contributed by atoms with Gasteiger partial charge in [0.2, 0.25) is 0 Å². The van der Waals surface area contributed by atoms with Crippen molar-refractivity contribution >= 4 is 11.3 Å². The number of rotatable bonds is 4. The third-order valence-corrected chi connectivity index (χ3v) is 3.93. The first-order valence-electron chi connectivity index (χ1n) is 5.99. The van der Waals surface area contributed by atoms with E-state index in [2.05, 4.69) is 29.5 Å². The first kappa shape index (κ1) is 12.0. The molecule has 90 valence electrons. The summed E-state index contributed by atoms with van der Waals surface area (Å²) in [6.45, 7) is 7.18. The largest absolute Gasteiger partial charge is 0.381 e. The molecule has 1 unspecified atom stereocenters. The van der Waals surface area contributed by atoms with Crippen LogP contribution in [-0.4, -0.2) is 24.7 Å². The number of nitrogens with one attached hydrogen (secondary N) is 1. The van der Waals surface area contributed by atoms with Crippen LogP contribution in [0.2, 0.25) is 0 Å². The van der Waals surface area contributed by atoms with E-state index < -0.39 is 0 Å². The van der Waals surface area contributed by atoms with Crippen LogP contribution in [0.3, 0.4) is 0 Å². The van der Waals surface area contributed by atoms with Gasteiger partial charge in [-0.1, -0.05) is 0 Å². The molecule has 0 spiro atoms. The van der Waals surface area contributed by atoms with E-state index in [4.69, 9.17) is 4.74 Å². The Morgan fingerprint density at radius 3 is 2.94 bits per heavy atom. The van der Waals surface area contributed by atoms with Crippen LogP contribution in [-0.2, 0) is 4.74 Å². The Balaban J connectivity index is 1.76. The minimum Gasteiger partial charge on any atom is -0.381 e. The Hall–Kier alpha value is -0.450. The zero-order valence-corrected chi connectivity index (χ0v) is 10.8. The number of thiazole rings is 1. The van der Waals surface area contributed by atoms with Crippen molar-refractivity contribution in [2.75, 3.05) is 19.8 Å². The SMILES string of the molecule is Cc1nc(C(C)NCC2CCOCC2)cs1. The first-order chi connectivity index (χ1) is 7.75. The highest BCUT2D eigenvalue weighted by atomic mass is 32.1. The molecule has 1 aliphatic rings. The topological polar surface area (TPSA) is 34.2 Å². The second-order valence-electron chi connectivity index (χ2n) is 4.48. The van der Waals surface area contributed by atoms with Gasteiger partial charge in [0.1, 0.15) is 0 Å². The predicted molar refractivity (Wildman–Crippen MR) is 66.8 cm³/mol. The van der Waals surface area contributed by atoms with Crippen molar-refractivity contribution < 1.29 is 4.74 Å². The van der Waals surface area contributed by atoms with Crippen LogP contribution in [0.1, 0.15) is 36.5 Å².